The Bertz CT molecular complexity index is 182. The normalized spacial score (nSPS) is 29.3. The lowest BCUT2D eigenvalue weighted by Gasteiger charge is -2.34. The molecular weight excluding hydrogens is 159 g/mol. The molecule has 0 aliphatic heterocycles. The summed E-state index contributed by atoms with van der Waals surface area (Å²) in [5, 5.41) is 2.59. The predicted molar refractivity (Wildman–Crippen MR) is 44.3 cm³/mol. The zero-order valence-electron chi connectivity index (χ0n) is 7.43. The zero-order chi connectivity index (χ0) is 9.35. The first-order chi connectivity index (χ1) is 5.39. The average molecular weight is 174 g/mol. The van der Waals surface area contributed by atoms with Crippen molar-refractivity contribution in [1.29, 1.82) is 0 Å². The molecule has 1 aliphatic rings. The van der Waals surface area contributed by atoms with Crippen molar-refractivity contribution in [3.8, 4) is 0 Å². The van der Waals surface area contributed by atoms with E-state index in [-0.39, 0.29) is 12.1 Å². The molecule has 4 heteroatoms. The van der Waals surface area contributed by atoms with Crippen LogP contribution in [0.4, 0.5) is 4.39 Å². The largest absolute Gasteiger partial charge is 0.350 e. The Labute approximate surface area is 71.5 Å². The number of carbonyl (C=O) groups is 1. The Morgan fingerprint density at radius 3 is 2.42 bits per heavy atom. The second-order valence-electron chi connectivity index (χ2n) is 3.87. The molecule has 0 atom stereocenters. The quantitative estimate of drug-likeness (QED) is 0.634. The SMILES string of the molecule is CC(C)(F)C(=O)NC1CC(N)C1. The third-order valence-electron chi connectivity index (χ3n) is 2.05. The molecule has 0 aromatic rings. The summed E-state index contributed by atoms with van der Waals surface area (Å²) in [6.07, 6.45) is 1.53. The fourth-order valence-corrected chi connectivity index (χ4v) is 1.14. The Balaban J connectivity index is 2.28. The van der Waals surface area contributed by atoms with Gasteiger partial charge in [-0.3, -0.25) is 4.79 Å². The molecular formula is C8H15FN2O. The molecule has 1 amide bonds. The standard InChI is InChI=1S/C8H15FN2O/c1-8(2,9)7(12)11-6-3-5(10)4-6/h5-6H,3-4,10H2,1-2H3,(H,11,12). The Hall–Kier alpha value is -0.640. The first-order valence-electron chi connectivity index (χ1n) is 4.15. The Morgan fingerprint density at radius 2 is 2.08 bits per heavy atom. The lowest BCUT2D eigenvalue weighted by molar-refractivity contribution is -0.132. The highest BCUT2D eigenvalue weighted by atomic mass is 19.1. The minimum atomic E-state index is -1.78. The van der Waals surface area contributed by atoms with E-state index in [0.717, 1.165) is 12.8 Å². The summed E-state index contributed by atoms with van der Waals surface area (Å²) in [4.78, 5) is 11.0. The maximum Gasteiger partial charge on any atom is 0.257 e. The van der Waals surface area contributed by atoms with E-state index in [1.165, 1.54) is 13.8 Å². The van der Waals surface area contributed by atoms with Gasteiger partial charge in [0.25, 0.3) is 5.91 Å². The van der Waals surface area contributed by atoms with Crippen molar-refractivity contribution >= 4 is 5.91 Å². The van der Waals surface area contributed by atoms with Gasteiger partial charge < -0.3 is 11.1 Å². The van der Waals surface area contributed by atoms with Crippen LogP contribution >= 0.6 is 0 Å². The van der Waals surface area contributed by atoms with Crippen LogP contribution in [-0.2, 0) is 4.79 Å². The molecule has 0 aromatic carbocycles. The van der Waals surface area contributed by atoms with Gasteiger partial charge in [-0.2, -0.15) is 0 Å². The van der Waals surface area contributed by atoms with Gasteiger partial charge in [0.1, 0.15) is 0 Å². The third kappa shape index (κ3) is 2.17. The van der Waals surface area contributed by atoms with Crippen LogP contribution in [0.5, 0.6) is 0 Å². The van der Waals surface area contributed by atoms with Gasteiger partial charge in [-0.25, -0.2) is 4.39 Å². The molecule has 0 bridgehead atoms. The second-order valence-corrected chi connectivity index (χ2v) is 3.87. The highest BCUT2D eigenvalue weighted by Gasteiger charge is 2.33. The number of halogens is 1. The number of rotatable bonds is 2. The van der Waals surface area contributed by atoms with Crippen LogP contribution in [0.15, 0.2) is 0 Å². The predicted octanol–water partition coefficient (Wildman–Crippen LogP) is 0.340. The van der Waals surface area contributed by atoms with E-state index in [1.807, 2.05) is 0 Å². The van der Waals surface area contributed by atoms with Gasteiger partial charge in [0.05, 0.1) is 0 Å². The van der Waals surface area contributed by atoms with E-state index >= 15 is 0 Å². The van der Waals surface area contributed by atoms with Crippen molar-refractivity contribution in [3.05, 3.63) is 0 Å². The summed E-state index contributed by atoms with van der Waals surface area (Å²) in [6, 6.07) is 0.264. The van der Waals surface area contributed by atoms with Crippen molar-refractivity contribution in [1.82, 2.24) is 5.32 Å². The maximum absolute atomic E-state index is 13.0. The van der Waals surface area contributed by atoms with Gasteiger partial charge in [-0.05, 0) is 26.7 Å². The van der Waals surface area contributed by atoms with Gasteiger partial charge in [0.2, 0.25) is 0 Å². The highest BCUT2D eigenvalue weighted by molar-refractivity contribution is 5.84. The fraction of sp³-hybridized carbons (Fsp3) is 0.875. The molecule has 1 rings (SSSR count). The summed E-state index contributed by atoms with van der Waals surface area (Å²) in [5.41, 5.74) is 3.73. The molecule has 1 saturated carbocycles. The van der Waals surface area contributed by atoms with E-state index in [0.29, 0.717) is 0 Å². The van der Waals surface area contributed by atoms with Crippen LogP contribution in [0.3, 0.4) is 0 Å². The summed E-state index contributed by atoms with van der Waals surface area (Å²) >= 11 is 0. The number of alkyl halides is 1. The van der Waals surface area contributed by atoms with Crippen molar-refractivity contribution in [2.45, 2.75) is 44.4 Å². The number of hydrogen-bond acceptors (Lipinski definition) is 2. The van der Waals surface area contributed by atoms with Crippen molar-refractivity contribution in [3.63, 3.8) is 0 Å². The minimum Gasteiger partial charge on any atom is -0.350 e. The second kappa shape index (κ2) is 3.01. The number of nitrogens with two attached hydrogens (primary N) is 1. The molecule has 0 unspecified atom stereocenters. The Kier molecular flexibility index (Phi) is 2.37. The van der Waals surface area contributed by atoms with Gasteiger partial charge in [0.15, 0.2) is 5.67 Å². The molecule has 0 saturated heterocycles. The van der Waals surface area contributed by atoms with Crippen molar-refractivity contribution < 1.29 is 9.18 Å². The van der Waals surface area contributed by atoms with Crippen LogP contribution < -0.4 is 11.1 Å². The molecule has 0 radical (unpaired) electrons. The smallest absolute Gasteiger partial charge is 0.257 e. The van der Waals surface area contributed by atoms with Gasteiger partial charge in [0, 0.05) is 12.1 Å². The summed E-state index contributed by atoms with van der Waals surface area (Å²) < 4.78 is 13.0. The molecule has 0 heterocycles. The van der Waals surface area contributed by atoms with Crippen molar-refractivity contribution in [2.75, 3.05) is 0 Å². The molecule has 12 heavy (non-hydrogen) atoms. The first-order valence-corrected chi connectivity index (χ1v) is 4.15. The first kappa shape index (κ1) is 9.45. The Morgan fingerprint density at radius 1 is 1.58 bits per heavy atom. The number of carbonyl (C=O) groups excluding carboxylic acids is 1. The van der Waals surface area contributed by atoms with Crippen molar-refractivity contribution in [2.24, 2.45) is 5.73 Å². The molecule has 1 fully saturated rings. The zero-order valence-corrected chi connectivity index (χ0v) is 7.43. The van der Waals surface area contributed by atoms with Crippen LogP contribution in [0.2, 0.25) is 0 Å². The molecule has 70 valence electrons. The van der Waals surface area contributed by atoms with Crippen LogP contribution in [0, 0.1) is 0 Å². The van der Waals surface area contributed by atoms with E-state index in [2.05, 4.69) is 5.32 Å². The average Bonchev–Trinajstić information content (AvgIpc) is 1.82. The van der Waals surface area contributed by atoms with Crippen LogP contribution in [0.1, 0.15) is 26.7 Å². The van der Waals surface area contributed by atoms with Gasteiger partial charge in [-0.1, -0.05) is 0 Å². The number of hydrogen-bond donors (Lipinski definition) is 2. The van der Waals surface area contributed by atoms with E-state index < -0.39 is 11.6 Å². The molecule has 3 nitrogen and oxygen atoms in total. The molecule has 1 aliphatic carbocycles. The number of amides is 1. The number of nitrogens with one attached hydrogen (secondary N) is 1. The molecule has 3 N–H and O–H groups in total. The summed E-state index contributed by atoms with van der Waals surface area (Å²) in [5.74, 6) is -0.542. The lowest BCUT2D eigenvalue weighted by atomic mass is 9.87. The highest BCUT2D eigenvalue weighted by Crippen LogP contribution is 2.19. The van der Waals surface area contributed by atoms with E-state index in [1.54, 1.807) is 0 Å². The van der Waals surface area contributed by atoms with Crippen LogP contribution in [-0.4, -0.2) is 23.7 Å². The minimum absolute atomic E-state index is 0.0857. The topological polar surface area (TPSA) is 55.1 Å². The summed E-state index contributed by atoms with van der Waals surface area (Å²) in [7, 11) is 0. The monoisotopic (exact) mass is 174 g/mol. The molecule has 0 spiro atoms. The van der Waals surface area contributed by atoms with Crippen LogP contribution in [0.25, 0.3) is 0 Å². The third-order valence-corrected chi connectivity index (χ3v) is 2.05. The lowest BCUT2D eigenvalue weighted by Crippen LogP contribution is -2.53. The fourth-order valence-electron chi connectivity index (χ4n) is 1.14. The molecule has 0 aromatic heterocycles. The maximum atomic E-state index is 13.0. The van der Waals surface area contributed by atoms with Gasteiger partial charge >= 0.3 is 0 Å². The summed E-state index contributed by atoms with van der Waals surface area (Å²) in [6.45, 7) is 2.50. The van der Waals surface area contributed by atoms with E-state index in [9.17, 15) is 9.18 Å². The van der Waals surface area contributed by atoms with E-state index in [4.69, 9.17) is 5.73 Å². The van der Waals surface area contributed by atoms with Gasteiger partial charge in [-0.15, -0.1) is 0 Å².